The second-order valence-corrected chi connectivity index (χ2v) is 9.87. The van der Waals surface area contributed by atoms with Gasteiger partial charge in [0.05, 0.1) is 5.75 Å². The molecule has 0 radical (unpaired) electrons. The normalized spacial score (nSPS) is 19.1. The summed E-state index contributed by atoms with van der Waals surface area (Å²) in [5, 5.41) is 0. The number of rotatable bonds is 3. The Hall–Kier alpha value is -2.36. The maximum absolute atomic E-state index is 15.4. The van der Waals surface area contributed by atoms with Crippen molar-refractivity contribution in [2.24, 2.45) is 5.92 Å². The van der Waals surface area contributed by atoms with Gasteiger partial charge in [-0.05, 0) is 30.9 Å². The molecule has 3 heterocycles. The molecule has 0 bridgehead atoms. The van der Waals surface area contributed by atoms with Crippen LogP contribution in [0.15, 0.2) is 23.1 Å². The summed E-state index contributed by atoms with van der Waals surface area (Å²) in [6, 6.07) is 3.29. The van der Waals surface area contributed by atoms with Crippen molar-refractivity contribution in [2.45, 2.75) is 31.2 Å². The first kappa shape index (κ1) is 20.9. The van der Waals surface area contributed by atoms with Gasteiger partial charge in [-0.3, -0.25) is 0 Å². The number of pyridine rings is 1. The van der Waals surface area contributed by atoms with Crippen LogP contribution in [0.4, 0.5) is 29.1 Å². The molecule has 0 unspecified atom stereocenters. The zero-order valence-corrected chi connectivity index (χ0v) is 17.2. The number of hydrogen-bond donors (Lipinski definition) is 0. The monoisotopic (exact) mass is 443 g/mol. The minimum Gasteiger partial charge on any atom is -0.361 e. The van der Waals surface area contributed by atoms with E-state index in [0.717, 1.165) is 29.9 Å². The Morgan fingerprint density at radius 3 is 2.33 bits per heavy atom. The maximum Gasteiger partial charge on any atom is 0.239 e. The van der Waals surface area contributed by atoms with Crippen LogP contribution in [0.1, 0.15) is 25.3 Å². The van der Waals surface area contributed by atoms with Gasteiger partial charge < -0.3 is 9.80 Å². The SMILES string of the molecule is CC1CCN(c2nc(F)c3c(c2F)S(=O)(=O)CCN3Cc2c(F)cccc2F)CC1. The van der Waals surface area contributed by atoms with Gasteiger partial charge in [0.2, 0.25) is 5.95 Å². The number of sulfone groups is 1. The van der Waals surface area contributed by atoms with Crippen LogP contribution in [0, 0.1) is 29.3 Å². The number of anilines is 2. The van der Waals surface area contributed by atoms with Crippen molar-refractivity contribution in [1.82, 2.24) is 4.98 Å². The van der Waals surface area contributed by atoms with Gasteiger partial charge in [-0.1, -0.05) is 13.0 Å². The third kappa shape index (κ3) is 3.61. The summed E-state index contributed by atoms with van der Waals surface area (Å²) in [5.41, 5.74) is -0.924. The molecule has 0 N–H and O–H groups in total. The Kier molecular flexibility index (Phi) is 5.37. The van der Waals surface area contributed by atoms with Crippen LogP contribution in [-0.2, 0) is 16.4 Å². The fraction of sp³-hybridized carbons (Fsp3) is 0.450. The number of hydrogen-bond acceptors (Lipinski definition) is 5. The second-order valence-electron chi connectivity index (χ2n) is 7.83. The molecule has 0 amide bonds. The van der Waals surface area contributed by atoms with E-state index < -0.39 is 56.1 Å². The lowest BCUT2D eigenvalue weighted by Crippen LogP contribution is -2.39. The third-order valence-electron chi connectivity index (χ3n) is 5.76. The van der Waals surface area contributed by atoms with E-state index in [1.165, 1.54) is 6.07 Å². The Bertz CT molecular complexity index is 1070. The molecule has 0 spiro atoms. The van der Waals surface area contributed by atoms with Crippen molar-refractivity contribution in [1.29, 1.82) is 0 Å². The van der Waals surface area contributed by atoms with Crippen molar-refractivity contribution in [3.63, 3.8) is 0 Å². The van der Waals surface area contributed by atoms with E-state index in [2.05, 4.69) is 11.9 Å². The molecular formula is C20H21F4N3O2S. The summed E-state index contributed by atoms with van der Waals surface area (Å²) in [6.45, 7) is 2.25. The summed E-state index contributed by atoms with van der Waals surface area (Å²) >= 11 is 0. The van der Waals surface area contributed by atoms with Gasteiger partial charge in [-0.15, -0.1) is 0 Å². The molecule has 4 rings (SSSR count). The largest absolute Gasteiger partial charge is 0.361 e. The van der Waals surface area contributed by atoms with Crippen molar-refractivity contribution in [2.75, 3.05) is 35.2 Å². The predicted molar refractivity (Wildman–Crippen MR) is 104 cm³/mol. The van der Waals surface area contributed by atoms with E-state index in [1.807, 2.05) is 0 Å². The summed E-state index contributed by atoms with van der Waals surface area (Å²) in [7, 11) is -4.12. The van der Waals surface area contributed by atoms with Crippen LogP contribution in [0.25, 0.3) is 0 Å². The molecule has 2 aliphatic heterocycles. The average Bonchev–Trinajstić information content (AvgIpc) is 2.69. The van der Waals surface area contributed by atoms with Crippen LogP contribution in [0.3, 0.4) is 0 Å². The molecule has 0 saturated carbocycles. The molecular weight excluding hydrogens is 422 g/mol. The van der Waals surface area contributed by atoms with Gasteiger partial charge in [0.1, 0.15) is 22.2 Å². The van der Waals surface area contributed by atoms with Crippen molar-refractivity contribution < 1.29 is 26.0 Å². The molecule has 0 atom stereocenters. The highest BCUT2D eigenvalue weighted by molar-refractivity contribution is 7.91. The fourth-order valence-electron chi connectivity index (χ4n) is 3.96. The minimum atomic E-state index is -4.12. The number of nitrogens with zero attached hydrogens (tertiary/aromatic N) is 3. The van der Waals surface area contributed by atoms with E-state index in [-0.39, 0.29) is 17.9 Å². The zero-order chi connectivity index (χ0) is 21.6. The molecule has 162 valence electrons. The second kappa shape index (κ2) is 7.72. The molecule has 5 nitrogen and oxygen atoms in total. The Balaban J connectivity index is 1.80. The van der Waals surface area contributed by atoms with Gasteiger partial charge in [0.15, 0.2) is 21.5 Å². The predicted octanol–water partition coefficient (Wildman–Crippen LogP) is 3.67. The van der Waals surface area contributed by atoms with E-state index in [9.17, 15) is 17.2 Å². The lowest BCUT2D eigenvalue weighted by molar-refractivity contribution is 0.426. The van der Waals surface area contributed by atoms with Gasteiger partial charge in [-0.2, -0.15) is 9.37 Å². The van der Waals surface area contributed by atoms with E-state index in [4.69, 9.17) is 0 Å². The van der Waals surface area contributed by atoms with Gasteiger partial charge >= 0.3 is 0 Å². The average molecular weight is 443 g/mol. The molecule has 10 heteroatoms. The lowest BCUT2D eigenvalue weighted by atomic mass is 9.99. The number of halogens is 4. The molecule has 2 aliphatic rings. The van der Waals surface area contributed by atoms with Crippen LogP contribution in [-0.4, -0.2) is 38.8 Å². The highest BCUT2D eigenvalue weighted by Crippen LogP contribution is 2.39. The Labute approximate surface area is 172 Å². The first-order valence-corrected chi connectivity index (χ1v) is 11.4. The zero-order valence-electron chi connectivity index (χ0n) is 16.3. The van der Waals surface area contributed by atoms with Crippen LogP contribution in [0.2, 0.25) is 0 Å². The number of fused-ring (bicyclic) bond motifs is 1. The van der Waals surface area contributed by atoms with E-state index in [1.54, 1.807) is 4.90 Å². The van der Waals surface area contributed by atoms with Gasteiger partial charge in [0.25, 0.3) is 0 Å². The van der Waals surface area contributed by atoms with Crippen molar-refractivity contribution >= 4 is 21.3 Å². The number of piperidine rings is 1. The first-order chi connectivity index (χ1) is 14.2. The summed E-state index contributed by atoms with van der Waals surface area (Å²) in [5.74, 6) is -4.37. The topological polar surface area (TPSA) is 53.5 Å². The number of benzene rings is 1. The minimum absolute atomic E-state index is 0.234. The summed E-state index contributed by atoms with van der Waals surface area (Å²) in [6.07, 6.45) is 1.51. The number of aromatic nitrogens is 1. The molecule has 0 aliphatic carbocycles. The van der Waals surface area contributed by atoms with Crippen LogP contribution < -0.4 is 9.80 Å². The van der Waals surface area contributed by atoms with E-state index >= 15 is 8.78 Å². The van der Waals surface area contributed by atoms with Gasteiger partial charge in [-0.25, -0.2) is 21.6 Å². The molecule has 1 aromatic carbocycles. The molecule has 1 saturated heterocycles. The van der Waals surface area contributed by atoms with Crippen LogP contribution >= 0.6 is 0 Å². The molecule has 1 aromatic heterocycles. The third-order valence-corrected chi connectivity index (χ3v) is 7.48. The Morgan fingerprint density at radius 2 is 1.70 bits per heavy atom. The summed E-state index contributed by atoms with van der Waals surface area (Å²) < 4.78 is 83.8. The standard InChI is InChI=1S/C20H21F4N3O2S/c1-12-5-7-26(8-6-12)20-16(23)18-17(19(24)25-20)27(9-10-30(18,28)29)11-13-14(21)3-2-4-15(13)22/h2-4,12H,5-11H2,1H3. The quantitative estimate of drug-likeness (QED) is 0.535. The summed E-state index contributed by atoms with van der Waals surface area (Å²) in [4.78, 5) is 5.62. The molecule has 2 aromatic rings. The lowest BCUT2D eigenvalue weighted by Gasteiger charge is -2.35. The molecule has 1 fully saturated rings. The van der Waals surface area contributed by atoms with Crippen molar-refractivity contribution in [3.05, 3.63) is 47.2 Å². The molecule has 30 heavy (non-hydrogen) atoms. The fourth-order valence-corrected chi connectivity index (χ4v) is 5.50. The van der Waals surface area contributed by atoms with Crippen molar-refractivity contribution in [3.8, 4) is 0 Å². The first-order valence-electron chi connectivity index (χ1n) is 9.73. The smallest absolute Gasteiger partial charge is 0.239 e. The van der Waals surface area contributed by atoms with E-state index in [0.29, 0.717) is 19.0 Å². The highest BCUT2D eigenvalue weighted by Gasteiger charge is 2.38. The van der Waals surface area contributed by atoms with Crippen LogP contribution in [0.5, 0.6) is 0 Å². The maximum atomic E-state index is 15.4. The van der Waals surface area contributed by atoms with Gasteiger partial charge in [0, 0.05) is 31.7 Å². The highest BCUT2D eigenvalue weighted by atomic mass is 32.2. The Morgan fingerprint density at radius 1 is 1.07 bits per heavy atom.